The van der Waals surface area contributed by atoms with Gasteiger partial charge in [0.2, 0.25) is 0 Å². The molecule has 1 N–H and O–H groups in total. The van der Waals surface area contributed by atoms with Crippen molar-refractivity contribution in [3.05, 3.63) is 54.1 Å². The van der Waals surface area contributed by atoms with E-state index in [4.69, 9.17) is 5.11 Å². The largest absolute Gasteiger partial charge is 0.478 e. The number of carboxylic acids is 1. The number of rotatable bonds is 12. The van der Waals surface area contributed by atoms with Gasteiger partial charge in [-0.2, -0.15) is 0 Å². The molecule has 2 rings (SSSR count). The summed E-state index contributed by atoms with van der Waals surface area (Å²) in [5, 5.41) is 9.15. The number of carboxylic acid groups (broad SMARTS) is 1. The third-order valence-electron chi connectivity index (χ3n) is 4.59. The summed E-state index contributed by atoms with van der Waals surface area (Å²) in [5.41, 5.74) is 1.24. The minimum atomic E-state index is -0.789. The molecule has 1 aromatic heterocycles. The zero-order valence-corrected chi connectivity index (χ0v) is 15.4. The fourth-order valence-electron chi connectivity index (χ4n) is 3.24. The van der Waals surface area contributed by atoms with E-state index in [1.165, 1.54) is 44.1 Å². The van der Waals surface area contributed by atoms with Crippen molar-refractivity contribution in [3.63, 3.8) is 0 Å². The van der Waals surface area contributed by atoms with Gasteiger partial charge in [0.25, 0.3) is 5.82 Å². The highest BCUT2D eigenvalue weighted by atomic mass is 16.4. The molecule has 0 amide bonds. The first kappa shape index (κ1) is 19.2. The number of aromatic nitrogens is 2. The van der Waals surface area contributed by atoms with Crippen LogP contribution in [-0.4, -0.2) is 15.6 Å². The van der Waals surface area contributed by atoms with Crippen LogP contribution in [0.15, 0.2) is 42.7 Å². The van der Waals surface area contributed by atoms with Gasteiger partial charge in [0.15, 0.2) is 6.54 Å². The lowest BCUT2D eigenvalue weighted by Gasteiger charge is -2.05. The molecule has 0 fully saturated rings. The van der Waals surface area contributed by atoms with Crippen LogP contribution in [0.3, 0.4) is 0 Å². The standard InChI is InChI=1S/C21H30N2O2/c1-2-3-4-5-6-7-11-14-20-22(15-16-23(20)18-21(24)25)17-19-12-9-8-10-13-19/h8-10,12-13,15-16H,2-7,11,14,17-18H2,1H3/p+1. The zero-order valence-electron chi connectivity index (χ0n) is 15.4. The highest BCUT2D eigenvalue weighted by molar-refractivity contribution is 5.66. The van der Waals surface area contributed by atoms with E-state index in [0.29, 0.717) is 0 Å². The maximum Gasteiger partial charge on any atom is 0.346 e. The van der Waals surface area contributed by atoms with E-state index < -0.39 is 5.97 Å². The van der Waals surface area contributed by atoms with Crippen LogP contribution in [0.2, 0.25) is 0 Å². The number of unbranched alkanes of at least 4 members (excludes halogenated alkanes) is 6. The molecule has 0 saturated heterocycles. The van der Waals surface area contributed by atoms with Gasteiger partial charge in [-0.05, 0) is 12.0 Å². The Balaban J connectivity index is 1.95. The number of carbonyl (C=O) groups is 1. The topological polar surface area (TPSA) is 46.1 Å². The Morgan fingerprint density at radius 2 is 1.72 bits per heavy atom. The number of benzene rings is 1. The maximum atomic E-state index is 11.1. The molecular formula is C21H31N2O2+. The van der Waals surface area contributed by atoms with E-state index >= 15 is 0 Å². The van der Waals surface area contributed by atoms with E-state index in [2.05, 4.69) is 23.6 Å². The second-order valence-electron chi connectivity index (χ2n) is 6.72. The predicted molar refractivity (Wildman–Crippen MR) is 99.5 cm³/mol. The second-order valence-corrected chi connectivity index (χ2v) is 6.72. The Morgan fingerprint density at radius 3 is 2.40 bits per heavy atom. The predicted octanol–water partition coefficient (Wildman–Crippen LogP) is 4.20. The minimum absolute atomic E-state index is 0.0353. The molecule has 1 heterocycles. The van der Waals surface area contributed by atoms with Gasteiger partial charge in [-0.1, -0.05) is 75.8 Å². The summed E-state index contributed by atoms with van der Waals surface area (Å²) < 4.78 is 4.07. The van der Waals surface area contributed by atoms with Crippen LogP contribution in [0.5, 0.6) is 0 Å². The molecule has 4 heteroatoms. The van der Waals surface area contributed by atoms with Crippen LogP contribution in [0.25, 0.3) is 0 Å². The summed E-state index contributed by atoms with van der Waals surface area (Å²) >= 11 is 0. The molecule has 0 radical (unpaired) electrons. The van der Waals surface area contributed by atoms with Crippen molar-refractivity contribution in [1.29, 1.82) is 0 Å². The lowest BCUT2D eigenvalue weighted by atomic mass is 10.1. The monoisotopic (exact) mass is 343 g/mol. The first-order valence-corrected chi connectivity index (χ1v) is 9.54. The quantitative estimate of drug-likeness (QED) is 0.464. The zero-order chi connectivity index (χ0) is 17.9. The Morgan fingerprint density at radius 1 is 1.04 bits per heavy atom. The van der Waals surface area contributed by atoms with Gasteiger partial charge in [-0.15, -0.1) is 0 Å². The third-order valence-corrected chi connectivity index (χ3v) is 4.59. The van der Waals surface area contributed by atoms with Crippen molar-refractivity contribution in [2.45, 2.75) is 71.4 Å². The number of hydrogen-bond donors (Lipinski definition) is 1. The highest BCUT2D eigenvalue weighted by Crippen LogP contribution is 2.10. The number of imidazole rings is 1. The van der Waals surface area contributed by atoms with Crippen LogP contribution >= 0.6 is 0 Å². The summed E-state index contributed by atoms with van der Waals surface area (Å²) in [7, 11) is 0. The van der Waals surface area contributed by atoms with E-state index in [1.807, 2.05) is 35.2 Å². The molecule has 0 aliphatic heterocycles. The summed E-state index contributed by atoms with van der Waals surface area (Å²) in [6.07, 6.45) is 13.7. The van der Waals surface area contributed by atoms with Crippen LogP contribution in [0.4, 0.5) is 0 Å². The number of hydrogen-bond acceptors (Lipinski definition) is 1. The molecule has 0 spiro atoms. The first-order chi connectivity index (χ1) is 12.2. The average molecular weight is 343 g/mol. The molecule has 0 saturated carbocycles. The van der Waals surface area contributed by atoms with E-state index in [9.17, 15) is 4.79 Å². The van der Waals surface area contributed by atoms with Crippen LogP contribution < -0.4 is 4.57 Å². The van der Waals surface area contributed by atoms with Gasteiger partial charge in [0, 0.05) is 6.42 Å². The van der Waals surface area contributed by atoms with E-state index in [1.54, 1.807) is 0 Å². The molecule has 1 aromatic carbocycles. The van der Waals surface area contributed by atoms with Gasteiger partial charge in [0.05, 0.1) is 0 Å². The van der Waals surface area contributed by atoms with Crippen LogP contribution in [0, 0.1) is 0 Å². The summed E-state index contributed by atoms with van der Waals surface area (Å²) in [5.74, 6) is 0.322. The van der Waals surface area contributed by atoms with Gasteiger partial charge >= 0.3 is 5.97 Å². The Hall–Kier alpha value is -2.10. The van der Waals surface area contributed by atoms with Crippen molar-refractivity contribution in [3.8, 4) is 0 Å². The molecule has 0 atom stereocenters. The molecule has 0 unspecified atom stereocenters. The van der Waals surface area contributed by atoms with Gasteiger partial charge < -0.3 is 5.11 Å². The molecule has 0 aliphatic carbocycles. The van der Waals surface area contributed by atoms with Crippen molar-refractivity contribution in [1.82, 2.24) is 4.57 Å². The molecular weight excluding hydrogens is 312 g/mol. The summed E-state index contributed by atoms with van der Waals surface area (Å²) in [6, 6.07) is 10.3. The molecule has 136 valence electrons. The van der Waals surface area contributed by atoms with E-state index in [0.717, 1.165) is 25.2 Å². The number of aliphatic carboxylic acids is 1. The fourth-order valence-corrected chi connectivity index (χ4v) is 3.24. The van der Waals surface area contributed by atoms with Crippen LogP contribution in [-0.2, 0) is 24.3 Å². The van der Waals surface area contributed by atoms with E-state index in [-0.39, 0.29) is 6.54 Å². The average Bonchev–Trinajstić information content (AvgIpc) is 2.96. The summed E-state index contributed by atoms with van der Waals surface area (Å²) in [6.45, 7) is 3.06. The second kappa shape index (κ2) is 10.7. The molecule has 0 aliphatic rings. The Bertz CT molecular complexity index is 635. The summed E-state index contributed by atoms with van der Waals surface area (Å²) in [4.78, 5) is 11.1. The first-order valence-electron chi connectivity index (χ1n) is 9.54. The van der Waals surface area contributed by atoms with Crippen LogP contribution in [0.1, 0.15) is 63.3 Å². The molecule has 25 heavy (non-hydrogen) atoms. The third kappa shape index (κ3) is 6.73. The van der Waals surface area contributed by atoms with Crippen molar-refractivity contribution in [2.24, 2.45) is 0 Å². The SMILES string of the molecule is CCCCCCCCCc1n(CC(=O)O)cc[n+]1Cc1ccccc1. The van der Waals surface area contributed by atoms with Crippen molar-refractivity contribution < 1.29 is 14.5 Å². The Labute approximate surface area is 151 Å². The molecule has 4 nitrogen and oxygen atoms in total. The fraction of sp³-hybridized carbons (Fsp3) is 0.524. The minimum Gasteiger partial charge on any atom is -0.478 e. The maximum absolute atomic E-state index is 11.1. The normalized spacial score (nSPS) is 10.9. The smallest absolute Gasteiger partial charge is 0.346 e. The lowest BCUT2D eigenvalue weighted by molar-refractivity contribution is -0.695. The number of nitrogens with zero attached hydrogens (tertiary/aromatic N) is 2. The highest BCUT2D eigenvalue weighted by Gasteiger charge is 2.19. The van der Waals surface area contributed by atoms with Gasteiger partial charge in [0.1, 0.15) is 18.9 Å². The van der Waals surface area contributed by atoms with Crippen molar-refractivity contribution in [2.75, 3.05) is 0 Å². The molecule has 0 bridgehead atoms. The Kier molecular flexibility index (Phi) is 8.23. The lowest BCUT2D eigenvalue weighted by Crippen LogP contribution is -2.38. The van der Waals surface area contributed by atoms with Gasteiger partial charge in [-0.3, -0.25) is 0 Å². The van der Waals surface area contributed by atoms with Gasteiger partial charge in [-0.25, -0.2) is 13.9 Å². The molecule has 2 aromatic rings. The van der Waals surface area contributed by atoms with Crippen molar-refractivity contribution >= 4 is 5.97 Å².